The molecule has 3 aromatic rings. The molecule has 0 aliphatic rings. The van der Waals surface area contributed by atoms with E-state index in [1.807, 2.05) is 30.3 Å². The van der Waals surface area contributed by atoms with E-state index in [9.17, 15) is 0 Å². The zero-order valence-electron chi connectivity index (χ0n) is 15.6. The molecular weight excluding hydrogens is 358 g/mol. The number of halogens is 1. The van der Waals surface area contributed by atoms with Gasteiger partial charge >= 0.3 is 0 Å². The molecular formula is C21H24ClN5. The van der Waals surface area contributed by atoms with Crippen LogP contribution in [0, 0.1) is 0 Å². The summed E-state index contributed by atoms with van der Waals surface area (Å²) in [6, 6.07) is 18.0. The van der Waals surface area contributed by atoms with E-state index in [2.05, 4.69) is 63.6 Å². The summed E-state index contributed by atoms with van der Waals surface area (Å²) in [6.07, 6.45) is 1.54. The van der Waals surface area contributed by atoms with Crippen molar-refractivity contribution in [2.24, 2.45) is 0 Å². The Morgan fingerprint density at radius 1 is 0.926 bits per heavy atom. The molecule has 0 aliphatic carbocycles. The highest BCUT2D eigenvalue weighted by Gasteiger charge is 2.04. The first kappa shape index (κ1) is 19.0. The Labute approximate surface area is 165 Å². The molecule has 0 fully saturated rings. The lowest BCUT2D eigenvalue weighted by Gasteiger charge is -2.21. The van der Waals surface area contributed by atoms with Crippen LogP contribution in [-0.2, 0) is 6.54 Å². The van der Waals surface area contributed by atoms with Crippen LogP contribution in [0.15, 0.2) is 60.9 Å². The predicted octanol–water partition coefficient (Wildman–Crippen LogP) is 5.33. The number of anilines is 4. The smallest absolute Gasteiger partial charge is 0.135 e. The molecule has 0 saturated carbocycles. The molecule has 0 saturated heterocycles. The van der Waals surface area contributed by atoms with E-state index in [1.54, 1.807) is 6.33 Å². The van der Waals surface area contributed by atoms with Crippen molar-refractivity contribution in [1.82, 2.24) is 9.97 Å². The Bertz CT molecular complexity index is 862. The van der Waals surface area contributed by atoms with Gasteiger partial charge in [-0.3, -0.25) is 0 Å². The van der Waals surface area contributed by atoms with Crippen molar-refractivity contribution >= 4 is 34.6 Å². The fraction of sp³-hybridized carbons (Fsp3) is 0.238. The highest BCUT2D eigenvalue weighted by molar-refractivity contribution is 6.31. The standard InChI is InChI=1S/C21H24ClN5/c1-3-27(4-2)18-11-9-17(10-12-18)26-21-13-20(24-15-25-21)23-14-16-7-5-6-8-19(16)22/h5-13,15H,3-4,14H2,1-2H3,(H2,23,24,25,26). The summed E-state index contributed by atoms with van der Waals surface area (Å²) >= 11 is 6.20. The van der Waals surface area contributed by atoms with Crippen LogP contribution in [0.5, 0.6) is 0 Å². The maximum atomic E-state index is 6.20. The van der Waals surface area contributed by atoms with E-state index in [4.69, 9.17) is 11.6 Å². The SMILES string of the molecule is CCN(CC)c1ccc(Nc2cc(NCc3ccccc3Cl)ncn2)cc1. The first-order valence-electron chi connectivity index (χ1n) is 9.11. The van der Waals surface area contributed by atoms with E-state index < -0.39 is 0 Å². The van der Waals surface area contributed by atoms with Crippen molar-refractivity contribution < 1.29 is 0 Å². The first-order chi connectivity index (χ1) is 13.2. The number of benzene rings is 2. The van der Waals surface area contributed by atoms with Crippen LogP contribution in [0.3, 0.4) is 0 Å². The van der Waals surface area contributed by atoms with Gasteiger partial charge in [0.1, 0.15) is 18.0 Å². The van der Waals surface area contributed by atoms with Gasteiger partial charge in [0.2, 0.25) is 0 Å². The third-order valence-electron chi connectivity index (χ3n) is 4.35. The maximum Gasteiger partial charge on any atom is 0.135 e. The number of rotatable bonds is 8. The molecule has 0 amide bonds. The second-order valence-electron chi connectivity index (χ2n) is 6.08. The number of aromatic nitrogens is 2. The van der Waals surface area contributed by atoms with Crippen LogP contribution in [0.25, 0.3) is 0 Å². The molecule has 140 valence electrons. The lowest BCUT2D eigenvalue weighted by Crippen LogP contribution is -2.21. The topological polar surface area (TPSA) is 53.1 Å². The number of hydrogen-bond acceptors (Lipinski definition) is 5. The Hall–Kier alpha value is -2.79. The molecule has 1 heterocycles. The predicted molar refractivity (Wildman–Crippen MR) is 114 cm³/mol. The summed E-state index contributed by atoms with van der Waals surface area (Å²) in [7, 11) is 0. The molecule has 0 aliphatic heterocycles. The van der Waals surface area contributed by atoms with Crippen molar-refractivity contribution in [2.45, 2.75) is 20.4 Å². The van der Waals surface area contributed by atoms with Gasteiger partial charge in [-0.15, -0.1) is 0 Å². The summed E-state index contributed by atoms with van der Waals surface area (Å²) in [5.41, 5.74) is 3.23. The van der Waals surface area contributed by atoms with Crippen molar-refractivity contribution in [3.63, 3.8) is 0 Å². The quantitative estimate of drug-likeness (QED) is 0.552. The third-order valence-corrected chi connectivity index (χ3v) is 4.72. The van der Waals surface area contributed by atoms with E-state index in [0.29, 0.717) is 6.54 Å². The number of hydrogen-bond donors (Lipinski definition) is 2. The largest absolute Gasteiger partial charge is 0.372 e. The Morgan fingerprint density at radius 3 is 2.33 bits per heavy atom. The second-order valence-corrected chi connectivity index (χ2v) is 6.48. The Kier molecular flexibility index (Phi) is 6.49. The summed E-state index contributed by atoms with van der Waals surface area (Å²) in [5, 5.41) is 7.35. The van der Waals surface area contributed by atoms with Gasteiger partial charge in [0.05, 0.1) is 0 Å². The minimum Gasteiger partial charge on any atom is -0.372 e. The van der Waals surface area contributed by atoms with E-state index in [-0.39, 0.29) is 0 Å². The molecule has 5 nitrogen and oxygen atoms in total. The summed E-state index contributed by atoms with van der Waals surface area (Å²) < 4.78 is 0. The average Bonchev–Trinajstić information content (AvgIpc) is 2.70. The molecule has 0 atom stereocenters. The molecule has 6 heteroatoms. The fourth-order valence-corrected chi connectivity index (χ4v) is 3.04. The molecule has 3 rings (SSSR count). The number of nitrogens with one attached hydrogen (secondary N) is 2. The average molecular weight is 382 g/mol. The van der Waals surface area contributed by atoms with Crippen molar-refractivity contribution in [3.05, 3.63) is 71.5 Å². The van der Waals surface area contributed by atoms with Gasteiger partial charge in [-0.05, 0) is 49.7 Å². The van der Waals surface area contributed by atoms with E-state index in [1.165, 1.54) is 5.69 Å². The lowest BCUT2D eigenvalue weighted by atomic mass is 10.2. The molecule has 27 heavy (non-hydrogen) atoms. The molecule has 2 aromatic carbocycles. The van der Waals surface area contributed by atoms with Crippen molar-refractivity contribution in [3.8, 4) is 0 Å². The Balaban J connectivity index is 1.64. The van der Waals surface area contributed by atoms with Crippen LogP contribution >= 0.6 is 11.6 Å². The minimum atomic E-state index is 0.606. The van der Waals surface area contributed by atoms with Crippen LogP contribution in [0.4, 0.5) is 23.0 Å². The van der Waals surface area contributed by atoms with Gasteiger partial charge in [-0.2, -0.15) is 0 Å². The monoisotopic (exact) mass is 381 g/mol. The van der Waals surface area contributed by atoms with Gasteiger partial charge in [0.15, 0.2) is 0 Å². The number of nitrogens with zero attached hydrogens (tertiary/aromatic N) is 3. The van der Waals surface area contributed by atoms with Crippen LogP contribution in [0.2, 0.25) is 5.02 Å². The highest BCUT2D eigenvalue weighted by atomic mass is 35.5. The summed E-state index contributed by atoms with van der Waals surface area (Å²) in [4.78, 5) is 10.9. The minimum absolute atomic E-state index is 0.606. The second kappa shape index (κ2) is 9.24. The first-order valence-corrected chi connectivity index (χ1v) is 9.48. The Morgan fingerprint density at radius 2 is 1.63 bits per heavy atom. The zero-order chi connectivity index (χ0) is 19.1. The van der Waals surface area contributed by atoms with Crippen molar-refractivity contribution in [1.29, 1.82) is 0 Å². The third kappa shape index (κ3) is 5.11. The molecule has 1 aromatic heterocycles. The molecule has 0 bridgehead atoms. The highest BCUT2D eigenvalue weighted by Crippen LogP contribution is 2.21. The molecule has 0 radical (unpaired) electrons. The van der Waals surface area contributed by atoms with Gasteiger partial charge < -0.3 is 15.5 Å². The van der Waals surface area contributed by atoms with Gasteiger partial charge in [-0.25, -0.2) is 9.97 Å². The van der Waals surface area contributed by atoms with E-state index >= 15 is 0 Å². The van der Waals surface area contributed by atoms with E-state index in [0.717, 1.165) is 41.0 Å². The molecule has 0 unspecified atom stereocenters. The summed E-state index contributed by atoms with van der Waals surface area (Å²) in [6.45, 7) is 6.92. The zero-order valence-corrected chi connectivity index (χ0v) is 16.4. The van der Waals surface area contributed by atoms with Crippen LogP contribution in [-0.4, -0.2) is 23.1 Å². The van der Waals surface area contributed by atoms with Gasteiger partial charge in [0, 0.05) is 42.1 Å². The van der Waals surface area contributed by atoms with Gasteiger partial charge in [0.25, 0.3) is 0 Å². The maximum absolute atomic E-state index is 6.20. The summed E-state index contributed by atoms with van der Waals surface area (Å²) in [5.74, 6) is 1.48. The fourth-order valence-electron chi connectivity index (χ4n) is 2.84. The van der Waals surface area contributed by atoms with Gasteiger partial charge in [-0.1, -0.05) is 29.8 Å². The lowest BCUT2D eigenvalue weighted by molar-refractivity contribution is 0.866. The normalized spacial score (nSPS) is 10.5. The molecule has 0 spiro atoms. The van der Waals surface area contributed by atoms with Crippen molar-refractivity contribution in [2.75, 3.05) is 28.6 Å². The van der Waals surface area contributed by atoms with Crippen LogP contribution in [0.1, 0.15) is 19.4 Å². The van der Waals surface area contributed by atoms with Crippen LogP contribution < -0.4 is 15.5 Å². The molecule has 2 N–H and O–H groups in total.